The van der Waals surface area contributed by atoms with Crippen LogP contribution in [0.3, 0.4) is 0 Å². The molecule has 0 aliphatic carbocycles. The van der Waals surface area contributed by atoms with E-state index in [9.17, 15) is 4.79 Å². The normalized spacial score (nSPS) is 18.5. The van der Waals surface area contributed by atoms with Crippen LogP contribution < -0.4 is 15.2 Å². The van der Waals surface area contributed by atoms with E-state index in [2.05, 4.69) is 0 Å². The summed E-state index contributed by atoms with van der Waals surface area (Å²) in [7, 11) is 3.14. The van der Waals surface area contributed by atoms with Crippen molar-refractivity contribution in [1.29, 1.82) is 0 Å². The number of hydrogen-bond donors (Lipinski definition) is 1. The van der Waals surface area contributed by atoms with Crippen molar-refractivity contribution in [3.8, 4) is 11.5 Å². The van der Waals surface area contributed by atoms with Gasteiger partial charge in [-0.15, -0.1) is 0 Å². The Morgan fingerprint density at radius 3 is 2.47 bits per heavy atom. The fourth-order valence-corrected chi connectivity index (χ4v) is 2.44. The van der Waals surface area contributed by atoms with Crippen molar-refractivity contribution in [1.82, 2.24) is 4.90 Å². The topological polar surface area (TPSA) is 64.8 Å². The van der Waals surface area contributed by atoms with Crippen LogP contribution in [0.15, 0.2) is 18.2 Å². The van der Waals surface area contributed by atoms with E-state index < -0.39 is 0 Å². The quantitative estimate of drug-likeness (QED) is 0.889. The molecule has 1 aliphatic heterocycles. The molecule has 0 spiro atoms. The molecule has 0 radical (unpaired) electrons. The zero-order valence-corrected chi connectivity index (χ0v) is 11.4. The van der Waals surface area contributed by atoms with Crippen LogP contribution in [0.4, 0.5) is 0 Å². The van der Waals surface area contributed by atoms with Gasteiger partial charge in [-0.3, -0.25) is 4.79 Å². The molecule has 2 rings (SSSR count). The second-order valence-electron chi connectivity index (χ2n) is 4.63. The lowest BCUT2D eigenvalue weighted by atomic mass is 10.1. The van der Waals surface area contributed by atoms with Crippen molar-refractivity contribution in [3.63, 3.8) is 0 Å². The van der Waals surface area contributed by atoms with Crippen LogP contribution in [-0.4, -0.2) is 44.2 Å². The molecule has 1 aromatic rings. The van der Waals surface area contributed by atoms with Crippen molar-refractivity contribution in [3.05, 3.63) is 23.8 Å². The van der Waals surface area contributed by atoms with E-state index in [-0.39, 0.29) is 11.9 Å². The lowest BCUT2D eigenvalue weighted by Gasteiger charge is -2.23. The summed E-state index contributed by atoms with van der Waals surface area (Å²) < 4.78 is 10.4. The van der Waals surface area contributed by atoms with Crippen molar-refractivity contribution in [2.24, 2.45) is 5.73 Å². The Labute approximate surface area is 113 Å². The smallest absolute Gasteiger partial charge is 0.254 e. The molecule has 1 amide bonds. The SMILES string of the molecule is COc1cc(OC)cc(C(=O)N2CCC[C@H]2CN)c1. The minimum Gasteiger partial charge on any atom is -0.497 e. The van der Waals surface area contributed by atoms with Crippen molar-refractivity contribution >= 4 is 5.91 Å². The minimum absolute atomic E-state index is 0.00912. The molecule has 5 heteroatoms. The Morgan fingerprint density at radius 2 is 1.95 bits per heavy atom. The number of amides is 1. The maximum atomic E-state index is 12.5. The highest BCUT2D eigenvalue weighted by molar-refractivity contribution is 5.95. The lowest BCUT2D eigenvalue weighted by molar-refractivity contribution is 0.0740. The molecule has 0 aromatic heterocycles. The zero-order chi connectivity index (χ0) is 13.8. The van der Waals surface area contributed by atoms with Crippen LogP contribution in [0.25, 0.3) is 0 Å². The molecular weight excluding hydrogens is 244 g/mol. The number of nitrogens with zero attached hydrogens (tertiary/aromatic N) is 1. The number of hydrogen-bond acceptors (Lipinski definition) is 4. The standard InChI is InChI=1S/C14H20N2O3/c1-18-12-6-10(7-13(8-12)19-2)14(17)16-5-3-4-11(16)9-15/h6-8,11H,3-5,9,15H2,1-2H3/t11-/m0/s1. The third-order valence-corrected chi connectivity index (χ3v) is 3.51. The van der Waals surface area contributed by atoms with Crippen molar-refractivity contribution in [2.75, 3.05) is 27.3 Å². The summed E-state index contributed by atoms with van der Waals surface area (Å²) in [4.78, 5) is 14.4. The van der Waals surface area contributed by atoms with Crippen LogP contribution in [0.1, 0.15) is 23.2 Å². The van der Waals surface area contributed by atoms with Crippen LogP contribution >= 0.6 is 0 Å². The Hall–Kier alpha value is -1.75. The van der Waals surface area contributed by atoms with Gasteiger partial charge in [0.15, 0.2) is 0 Å². The Balaban J connectivity index is 2.27. The van der Waals surface area contributed by atoms with Crippen LogP contribution in [0.2, 0.25) is 0 Å². The highest BCUT2D eigenvalue weighted by atomic mass is 16.5. The van der Waals surface area contributed by atoms with E-state index in [1.54, 1.807) is 32.4 Å². The maximum absolute atomic E-state index is 12.5. The summed E-state index contributed by atoms with van der Waals surface area (Å²) in [5.74, 6) is 1.22. The van der Waals surface area contributed by atoms with Gasteiger partial charge in [0, 0.05) is 30.8 Å². The van der Waals surface area contributed by atoms with Gasteiger partial charge in [0.25, 0.3) is 5.91 Å². The minimum atomic E-state index is -0.00912. The van der Waals surface area contributed by atoms with E-state index in [0.717, 1.165) is 19.4 Å². The molecule has 104 valence electrons. The third-order valence-electron chi connectivity index (χ3n) is 3.51. The first-order valence-electron chi connectivity index (χ1n) is 6.43. The fraction of sp³-hybridized carbons (Fsp3) is 0.500. The molecule has 2 N–H and O–H groups in total. The van der Waals surface area contributed by atoms with Crippen molar-refractivity contribution < 1.29 is 14.3 Å². The van der Waals surface area contributed by atoms with E-state index in [1.165, 1.54) is 0 Å². The third kappa shape index (κ3) is 2.81. The predicted molar refractivity (Wildman–Crippen MR) is 72.7 cm³/mol. The summed E-state index contributed by atoms with van der Waals surface area (Å²) in [6.07, 6.45) is 1.98. The summed E-state index contributed by atoms with van der Waals surface area (Å²) in [5, 5.41) is 0. The van der Waals surface area contributed by atoms with Crippen LogP contribution in [0.5, 0.6) is 11.5 Å². The van der Waals surface area contributed by atoms with E-state index in [4.69, 9.17) is 15.2 Å². The van der Waals surface area contributed by atoms with Crippen molar-refractivity contribution in [2.45, 2.75) is 18.9 Å². The van der Waals surface area contributed by atoms with Gasteiger partial charge in [0.1, 0.15) is 11.5 Å². The monoisotopic (exact) mass is 264 g/mol. The average molecular weight is 264 g/mol. The summed E-state index contributed by atoms with van der Waals surface area (Å²) >= 11 is 0. The van der Waals surface area contributed by atoms with Gasteiger partial charge in [-0.05, 0) is 25.0 Å². The zero-order valence-electron chi connectivity index (χ0n) is 11.4. The fourth-order valence-electron chi connectivity index (χ4n) is 2.44. The van der Waals surface area contributed by atoms with Gasteiger partial charge >= 0.3 is 0 Å². The molecule has 0 saturated carbocycles. The molecule has 1 heterocycles. The molecule has 1 saturated heterocycles. The number of rotatable bonds is 4. The number of benzene rings is 1. The second-order valence-corrected chi connectivity index (χ2v) is 4.63. The molecule has 1 fully saturated rings. The van der Waals surface area contributed by atoms with E-state index >= 15 is 0 Å². The van der Waals surface area contributed by atoms with Gasteiger partial charge in [-0.1, -0.05) is 0 Å². The first-order chi connectivity index (χ1) is 9.19. The first-order valence-corrected chi connectivity index (χ1v) is 6.43. The van der Waals surface area contributed by atoms with E-state index in [1.807, 2.05) is 4.90 Å². The highest BCUT2D eigenvalue weighted by Gasteiger charge is 2.28. The number of ether oxygens (including phenoxy) is 2. The molecule has 0 bridgehead atoms. The van der Waals surface area contributed by atoms with Crippen LogP contribution in [0, 0.1) is 0 Å². The first kappa shape index (κ1) is 13.7. The maximum Gasteiger partial charge on any atom is 0.254 e. The molecule has 1 atom stereocenters. The van der Waals surface area contributed by atoms with E-state index in [0.29, 0.717) is 23.6 Å². The second kappa shape index (κ2) is 5.93. The predicted octanol–water partition coefficient (Wildman–Crippen LogP) is 1.27. The Morgan fingerprint density at radius 1 is 1.32 bits per heavy atom. The number of likely N-dealkylation sites (tertiary alicyclic amines) is 1. The molecular formula is C14H20N2O3. The summed E-state index contributed by atoms with van der Waals surface area (Å²) in [6, 6.07) is 5.36. The van der Waals surface area contributed by atoms with Gasteiger partial charge < -0.3 is 20.1 Å². The number of nitrogens with two attached hydrogens (primary N) is 1. The number of carbonyl (C=O) groups is 1. The molecule has 1 aromatic carbocycles. The molecule has 5 nitrogen and oxygen atoms in total. The lowest BCUT2D eigenvalue weighted by Crippen LogP contribution is -2.39. The summed E-state index contributed by atoms with van der Waals surface area (Å²) in [5.41, 5.74) is 6.29. The molecule has 0 unspecified atom stereocenters. The Bertz CT molecular complexity index is 440. The van der Waals surface area contributed by atoms with Gasteiger partial charge in [-0.2, -0.15) is 0 Å². The Kier molecular flexibility index (Phi) is 4.27. The number of methoxy groups -OCH3 is 2. The van der Waals surface area contributed by atoms with Gasteiger partial charge in [-0.25, -0.2) is 0 Å². The largest absolute Gasteiger partial charge is 0.497 e. The number of carbonyl (C=O) groups excluding carboxylic acids is 1. The summed E-state index contributed by atoms with van der Waals surface area (Å²) in [6.45, 7) is 1.27. The van der Waals surface area contributed by atoms with Gasteiger partial charge in [0.05, 0.1) is 14.2 Å². The molecule has 19 heavy (non-hydrogen) atoms. The van der Waals surface area contributed by atoms with Crippen LogP contribution in [-0.2, 0) is 0 Å². The average Bonchev–Trinajstić information content (AvgIpc) is 2.94. The highest BCUT2D eigenvalue weighted by Crippen LogP contribution is 2.26. The molecule has 1 aliphatic rings. The van der Waals surface area contributed by atoms with Gasteiger partial charge in [0.2, 0.25) is 0 Å².